The van der Waals surface area contributed by atoms with Crippen LogP contribution in [-0.2, 0) is 29.9 Å². The molecule has 1 atom stereocenters. The molecule has 1 aromatic carbocycles. The highest BCUT2D eigenvalue weighted by Gasteiger charge is 2.36. The van der Waals surface area contributed by atoms with E-state index in [0.717, 1.165) is 16.4 Å². The Morgan fingerprint density at radius 1 is 1.00 bits per heavy atom. The SMILES string of the molecule is CCCS(=O)(=O)C(CC)S(=O)(=O)Nc1ccc(F)c(C(=O)Nc2cnc3c(c2)c(C(C)=O)cn3S(=O)(=O)CCC)c1F. The molecular formula is C25H30F2N4O8S3. The van der Waals surface area contributed by atoms with E-state index in [1.165, 1.54) is 19.9 Å². The highest BCUT2D eigenvalue weighted by atomic mass is 32.3. The summed E-state index contributed by atoms with van der Waals surface area (Å²) < 4.78 is 107. The normalized spacial score (nSPS) is 13.2. The number of nitrogens with one attached hydrogen (secondary N) is 2. The topological polar surface area (TPSA) is 178 Å². The predicted octanol–water partition coefficient (Wildman–Crippen LogP) is 3.66. The fourth-order valence-corrected chi connectivity index (χ4v) is 10.1. The van der Waals surface area contributed by atoms with Gasteiger partial charge in [-0.1, -0.05) is 20.8 Å². The van der Waals surface area contributed by atoms with E-state index in [9.17, 15) is 39.2 Å². The molecule has 2 heterocycles. The third-order valence-corrected chi connectivity index (χ3v) is 13.2. The van der Waals surface area contributed by atoms with Gasteiger partial charge in [0.25, 0.3) is 5.91 Å². The Hall–Kier alpha value is -3.44. The number of sulfone groups is 1. The van der Waals surface area contributed by atoms with Crippen molar-refractivity contribution in [2.24, 2.45) is 0 Å². The zero-order valence-electron chi connectivity index (χ0n) is 23.1. The van der Waals surface area contributed by atoms with Crippen molar-refractivity contribution in [2.45, 2.75) is 51.5 Å². The number of carbonyl (C=O) groups excluding carboxylic acids is 2. The Morgan fingerprint density at radius 2 is 1.64 bits per heavy atom. The largest absolute Gasteiger partial charge is 0.320 e. The van der Waals surface area contributed by atoms with Crippen LogP contribution < -0.4 is 10.0 Å². The molecule has 0 aliphatic rings. The molecule has 2 aromatic heterocycles. The van der Waals surface area contributed by atoms with E-state index < -0.39 is 74.8 Å². The highest BCUT2D eigenvalue weighted by Crippen LogP contribution is 2.28. The summed E-state index contributed by atoms with van der Waals surface area (Å²) in [6.45, 7) is 5.73. The molecule has 42 heavy (non-hydrogen) atoms. The van der Waals surface area contributed by atoms with Crippen LogP contribution in [0.3, 0.4) is 0 Å². The fourth-order valence-electron chi connectivity index (χ4n) is 4.33. The number of rotatable bonds is 13. The molecule has 17 heteroatoms. The van der Waals surface area contributed by atoms with Crippen molar-refractivity contribution < 1.29 is 43.6 Å². The van der Waals surface area contributed by atoms with Crippen LogP contribution in [0.5, 0.6) is 0 Å². The second kappa shape index (κ2) is 12.4. The molecule has 0 saturated carbocycles. The summed E-state index contributed by atoms with van der Waals surface area (Å²) in [6, 6.07) is 2.55. The lowest BCUT2D eigenvalue weighted by Crippen LogP contribution is -2.36. The van der Waals surface area contributed by atoms with E-state index in [2.05, 4.69) is 10.3 Å². The molecule has 0 aliphatic heterocycles. The van der Waals surface area contributed by atoms with Gasteiger partial charge < -0.3 is 5.32 Å². The van der Waals surface area contributed by atoms with Gasteiger partial charge in [0.05, 0.1) is 29.1 Å². The summed E-state index contributed by atoms with van der Waals surface area (Å²) in [4.78, 5) is 29.2. The average Bonchev–Trinajstić information content (AvgIpc) is 3.26. The van der Waals surface area contributed by atoms with Gasteiger partial charge in [0, 0.05) is 17.1 Å². The second-order valence-corrected chi connectivity index (χ2v) is 15.8. The first-order valence-electron chi connectivity index (χ1n) is 12.8. The number of hydrogen-bond donors (Lipinski definition) is 2. The van der Waals surface area contributed by atoms with Crippen molar-refractivity contribution in [2.75, 3.05) is 21.5 Å². The van der Waals surface area contributed by atoms with Crippen LogP contribution in [0.15, 0.2) is 30.6 Å². The molecule has 0 bridgehead atoms. The molecule has 1 unspecified atom stereocenters. The minimum atomic E-state index is -4.72. The van der Waals surface area contributed by atoms with E-state index in [1.807, 2.05) is 4.72 Å². The third-order valence-electron chi connectivity index (χ3n) is 6.15. The van der Waals surface area contributed by atoms with Crippen LogP contribution in [0.4, 0.5) is 20.2 Å². The number of aromatic nitrogens is 2. The first-order valence-corrected chi connectivity index (χ1v) is 17.7. The van der Waals surface area contributed by atoms with Crippen LogP contribution in [0.1, 0.15) is 67.7 Å². The summed E-state index contributed by atoms with van der Waals surface area (Å²) in [6.07, 6.45) is 2.24. The van der Waals surface area contributed by atoms with Gasteiger partial charge in [-0.3, -0.25) is 14.3 Å². The van der Waals surface area contributed by atoms with E-state index >= 15 is 4.39 Å². The second-order valence-electron chi connectivity index (χ2n) is 9.40. The number of nitrogens with zero attached hydrogens (tertiary/aromatic N) is 2. The first-order chi connectivity index (χ1) is 19.5. The van der Waals surface area contributed by atoms with Crippen LogP contribution in [-0.4, -0.2) is 62.0 Å². The summed E-state index contributed by atoms with van der Waals surface area (Å²) in [5.74, 6) is -5.47. The number of halogens is 2. The van der Waals surface area contributed by atoms with Crippen molar-refractivity contribution in [3.05, 3.63) is 53.4 Å². The van der Waals surface area contributed by atoms with Gasteiger partial charge in [-0.2, -0.15) is 0 Å². The van der Waals surface area contributed by atoms with Crippen LogP contribution in [0, 0.1) is 11.6 Å². The fraction of sp³-hybridized carbons (Fsp3) is 0.400. The third kappa shape index (κ3) is 6.62. The van der Waals surface area contributed by atoms with Gasteiger partial charge in [0.2, 0.25) is 20.0 Å². The van der Waals surface area contributed by atoms with Crippen LogP contribution >= 0.6 is 0 Å². The molecule has 3 rings (SSSR count). The van der Waals surface area contributed by atoms with Crippen molar-refractivity contribution in [3.63, 3.8) is 0 Å². The minimum Gasteiger partial charge on any atom is -0.320 e. The van der Waals surface area contributed by atoms with Crippen molar-refractivity contribution in [1.29, 1.82) is 0 Å². The number of amides is 1. The number of hydrogen-bond acceptors (Lipinski definition) is 9. The van der Waals surface area contributed by atoms with Gasteiger partial charge in [-0.25, -0.2) is 43.0 Å². The molecule has 0 radical (unpaired) electrons. The molecular weight excluding hydrogens is 618 g/mol. The molecule has 12 nitrogen and oxygen atoms in total. The smallest absolute Gasteiger partial charge is 0.261 e. The predicted molar refractivity (Wildman–Crippen MR) is 154 cm³/mol. The Bertz CT molecular complexity index is 1870. The zero-order valence-corrected chi connectivity index (χ0v) is 25.6. The number of fused-ring (bicyclic) bond motifs is 1. The molecule has 0 spiro atoms. The number of benzene rings is 1. The van der Waals surface area contributed by atoms with Gasteiger partial charge in [0.1, 0.15) is 11.4 Å². The van der Waals surface area contributed by atoms with Gasteiger partial charge in [-0.15, -0.1) is 0 Å². The maximum absolute atomic E-state index is 15.4. The zero-order chi connectivity index (χ0) is 31.6. The van der Waals surface area contributed by atoms with E-state index in [-0.39, 0.29) is 40.9 Å². The van der Waals surface area contributed by atoms with Crippen molar-refractivity contribution in [3.8, 4) is 0 Å². The Labute approximate surface area is 242 Å². The maximum Gasteiger partial charge on any atom is 0.261 e. The first kappa shape index (κ1) is 33.1. The highest BCUT2D eigenvalue weighted by molar-refractivity contribution is 8.09. The summed E-state index contributed by atoms with van der Waals surface area (Å²) in [7, 11) is -12.7. The summed E-state index contributed by atoms with van der Waals surface area (Å²) in [5.41, 5.74) is -2.30. The molecule has 0 aliphatic carbocycles. The van der Waals surface area contributed by atoms with E-state index in [0.29, 0.717) is 18.6 Å². The lowest BCUT2D eigenvalue weighted by Gasteiger charge is -2.18. The molecule has 3 aromatic rings. The number of carbonyl (C=O) groups is 2. The Balaban J connectivity index is 2.01. The quantitative estimate of drug-likeness (QED) is 0.262. The standard InChI is InChI=1S/C25H30F2N4O8S3/c1-5-10-40(34,35)21(7-3)42(38,39)30-20-9-8-19(26)22(23(20)27)25(33)29-16-12-17-18(15(4)32)14-31(24(17)28-13-16)41(36,37)11-6-2/h8-9,12-14,21,30H,5-7,10-11H2,1-4H3,(H,29,33). The number of pyridine rings is 1. The summed E-state index contributed by atoms with van der Waals surface area (Å²) >= 11 is 0. The van der Waals surface area contributed by atoms with Crippen molar-refractivity contribution in [1.82, 2.24) is 8.96 Å². The van der Waals surface area contributed by atoms with Crippen molar-refractivity contribution >= 4 is 64.0 Å². The van der Waals surface area contributed by atoms with E-state index in [1.54, 1.807) is 13.8 Å². The lowest BCUT2D eigenvalue weighted by atomic mass is 10.1. The molecule has 2 N–H and O–H groups in total. The number of ketones is 1. The van der Waals surface area contributed by atoms with Gasteiger partial charge in [0.15, 0.2) is 31.7 Å². The number of Topliss-reactive ketones (excluding diaryl/α,β-unsaturated/α-hetero) is 1. The Kier molecular flexibility index (Phi) is 9.78. The van der Waals surface area contributed by atoms with E-state index in [4.69, 9.17) is 0 Å². The minimum absolute atomic E-state index is 0.0226. The monoisotopic (exact) mass is 648 g/mol. The molecule has 0 saturated heterocycles. The molecule has 0 fully saturated rings. The van der Waals surface area contributed by atoms with Gasteiger partial charge >= 0.3 is 0 Å². The maximum atomic E-state index is 15.4. The van der Waals surface area contributed by atoms with Gasteiger partial charge in [-0.05, 0) is 44.4 Å². The average molecular weight is 649 g/mol. The number of sulfonamides is 1. The summed E-state index contributed by atoms with van der Waals surface area (Å²) in [5, 5.41) is 2.27. The Morgan fingerprint density at radius 3 is 2.21 bits per heavy atom. The van der Waals surface area contributed by atoms with Crippen LogP contribution in [0.25, 0.3) is 11.0 Å². The van der Waals surface area contributed by atoms with Crippen LogP contribution in [0.2, 0.25) is 0 Å². The molecule has 1 amide bonds. The number of anilines is 2. The molecule has 230 valence electrons. The lowest BCUT2D eigenvalue weighted by molar-refractivity contribution is 0.101.